The van der Waals surface area contributed by atoms with E-state index < -0.39 is 0 Å². The van der Waals surface area contributed by atoms with Gasteiger partial charge in [0.1, 0.15) is 12.2 Å². The fraction of sp³-hybridized carbons (Fsp3) is 0.500. The average molecular weight is 369 g/mol. The molecule has 144 valence electrons. The molecule has 7 heteroatoms. The molecule has 2 heterocycles. The molecule has 1 aromatic carbocycles. The third kappa shape index (κ3) is 5.15. The summed E-state index contributed by atoms with van der Waals surface area (Å²) in [5, 5.41) is 11.0. The fourth-order valence-electron chi connectivity index (χ4n) is 3.43. The Hall–Kier alpha value is -2.70. The zero-order valence-corrected chi connectivity index (χ0v) is 15.8. The Labute approximate surface area is 159 Å². The van der Waals surface area contributed by atoms with E-state index in [-0.39, 0.29) is 17.7 Å². The number of hydrogen-bond donors (Lipinski definition) is 1. The van der Waals surface area contributed by atoms with Crippen LogP contribution in [0.3, 0.4) is 0 Å². The number of rotatable bonds is 8. The molecule has 0 saturated carbocycles. The number of piperidine rings is 1. The molecule has 7 nitrogen and oxygen atoms in total. The first-order valence-corrected chi connectivity index (χ1v) is 9.63. The van der Waals surface area contributed by atoms with Gasteiger partial charge >= 0.3 is 0 Å². The van der Waals surface area contributed by atoms with Crippen LogP contribution in [0.1, 0.15) is 31.2 Å². The number of nitrogens with one attached hydrogen (secondary N) is 1. The number of aryl methyl sites for hydroxylation is 1. The fourth-order valence-corrected chi connectivity index (χ4v) is 3.43. The maximum atomic E-state index is 12.5. The van der Waals surface area contributed by atoms with Gasteiger partial charge in [0, 0.05) is 39.0 Å². The van der Waals surface area contributed by atoms with Crippen LogP contribution in [0.4, 0.5) is 0 Å². The number of aromatic nitrogens is 3. The van der Waals surface area contributed by atoms with E-state index in [9.17, 15) is 9.59 Å². The van der Waals surface area contributed by atoms with E-state index in [0.29, 0.717) is 38.9 Å². The lowest BCUT2D eigenvalue weighted by Crippen LogP contribution is -2.46. The number of likely N-dealkylation sites (tertiary alicyclic amines) is 1. The summed E-state index contributed by atoms with van der Waals surface area (Å²) in [4.78, 5) is 26.5. The van der Waals surface area contributed by atoms with E-state index in [1.54, 1.807) is 6.33 Å². The van der Waals surface area contributed by atoms with Gasteiger partial charge in [0.25, 0.3) is 0 Å². The van der Waals surface area contributed by atoms with Crippen molar-refractivity contribution < 1.29 is 9.59 Å². The molecule has 1 aromatic heterocycles. The van der Waals surface area contributed by atoms with Gasteiger partial charge in [-0.05, 0) is 25.3 Å². The molecule has 3 rings (SSSR count). The number of carbonyl (C=O) groups excluding carboxylic acids is 2. The zero-order chi connectivity index (χ0) is 19.1. The maximum Gasteiger partial charge on any atom is 0.224 e. The van der Waals surface area contributed by atoms with Crippen LogP contribution < -0.4 is 5.32 Å². The maximum absolute atomic E-state index is 12.5. The normalized spacial score (nSPS) is 17.1. The van der Waals surface area contributed by atoms with Crippen molar-refractivity contribution in [2.75, 3.05) is 19.6 Å². The van der Waals surface area contributed by atoms with Crippen molar-refractivity contribution in [2.45, 2.75) is 39.2 Å². The zero-order valence-electron chi connectivity index (χ0n) is 15.8. The molecular formula is C20H27N5O2. The van der Waals surface area contributed by atoms with Crippen LogP contribution in [0.15, 0.2) is 36.7 Å². The third-order valence-corrected chi connectivity index (χ3v) is 5.07. The lowest BCUT2D eigenvalue weighted by atomic mass is 9.96. The number of amides is 2. The van der Waals surface area contributed by atoms with Gasteiger partial charge < -0.3 is 14.8 Å². The van der Waals surface area contributed by atoms with Crippen molar-refractivity contribution in [3.05, 3.63) is 48.0 Å². The summed E-state index contributed by atoms with van der Waals surface area (Å²) in [5.41, 5.74) is 1.21. The molecule has 1 aliphatic heterocycles. The van der Waals surface area contributed by atoms with Gasteiger partial charge in [-0.15, -0.1) is 10.2 Å². The largest absolute Gasteiger partial charge is 0.355 e. The number of nitrogens with zero attached hydrogens (tertiary/aromatic N) is 4. The molecule has 0 spiro atoms. The monoisotopic (exact) mass is 369 g/mol. The van der Waals surface area contributed by atoms with Gasteiger partial charge in [-0.25, -0.2) is 0 Å². The Kier molecular flexibility index (Phi) is 6.57. The van der Waals surface area contributed by atoms with E-state index in [0.717, 1.165) is 18.8 Å². The third-order valence-electron chi connectivity index (χ3n) is 5.07. The minimum absolute atomic E-state index is 0.0229. The van der Waals surface area contributed by atoms with Crippen molar-refractivity contribution in [2.24, 2.45) is 5.92 Å². The first-order valence-electron chi connectivity index (χ1n) is 9.63. The number of hydrogen-bond acceptors (Lipinski definition) is 4. The molecule has 0 unspecified atom stereocenters. The van der Waals surface area contributed by atoms with Crippen molar-refractivity contribution in [1.82, 2.24) is 25.0 Å². The highest BCUT2D eigenvalue weighted by atomic mass is 16.2. The Morgan fingerprint density at radius 2 is 2.07 bits per heavy atom. The standard InChI is InChI=1S/C20H27N5O2/c1-2-24-15-22-23-18(24)10-12-21-20(27)17-8-9-19(26)25(14-17)13-11-16-6-4-3-5-7-16/h3-7,15,17H,2,8-14H2,1H3,(H,21,27)/t17-/m1/s1. The first-order chi connectivity index (χ1) is 13.2. The van der Waals surface area contributed by atoms with E-state index in [2.05, 4.69) is 27.6 Å². The smallest absolute Gasteiger partial charge is 0.224 e. The van der Waals surface area contributed by atoms with Crippen molar-refractivity contribution in [3.8, 4) is 0 Å². The van der Waals surface area contributed by atoms with Crippen LogP contribution in [0, 0.1) is 5.92 Å². The summed E-state index contributed by atoms with van der Waals surface area (Å²) >= 11 is 0. The Balaban J connectivity index is 1.46. The molecular weight excluding hydrogens is 342 g/mol. The predicted octanol–water partition coefficient (Wildman–Crippen LogP) is 1.44. The van der Waals surface area contributed by atoms with Crippen LogP contribution in [0.25, 0.3) is 0 Å². The quantitative estimate of drug-likeness (QED) is 0.763. The average Bonchev–Trinajstić information content (AvgIpc) is 3.15. The van der Waals surface area contributed by atoms with E-state index in [1.165, 1.54) is 5.56 Å². The molecule has 2 aromatic rings. The molecule has 1 N–H and O–H groups in total. The van der Waals surface area contributed by atoms with Crippen LogP contribution in [-0.4, -0.2) is 51.1 Å². The molecule has 0 aliphatic carbocycles. The summed E-state index contributed by atoms with van der Waals surface area (Å²) in [6.45, 7) is 4.55. The lowest BCUT2D eigenvalue weighted by Gasteiger charge is -2.32. The topological polar surface area (TPSA) is 80.1 Å². The molecule has 0 radical (unpaired) electrons. The summed E-state index contributed by atoms with van der Waals surface area (Å²) in [6, 6.07) is 10.1. The summed E-state index contributed by atoms with van der Waals surface area (Å²) in [5.74, 6) is 0.907. The van der Waals surface area contributed by atoms with Crippen LogP contribution in [0.5, 0.6) is 0 Å². The highest BCUT2D eigenvalue weighted by Crippen LogP contribution is 2.18. The number of carbonyl (C=O) groups is 2. The van der Waals surface area contributed by atoms with Gasteiger partial charge in [0.05, 0.1) is 5.92 Å². The van der Waals surface area contributed by atoms with Gasteiger partial charge in [-0.2, -0.15) is 0 Å². The minimum Gasteiger partial charge on any atom is -0.355 e. The first kappa shape index (κ1) is 19.1. The molecule has 1 fully saturated rings. The van der Waals surface area contributed by atoms with Crippen LogP contribution in [0.2, 0.25) is 0 Å². The molecule has 1 atom stereocenters. The minimum atomic E-state index is -0.137. The molecule has 0 bridgehead atoms. The number of benzene rings is 1. The summed E-state index contributed by atoms with van der Waals surface area (Å²) in [7, 11) is 0. The Morgan fingerprint density at radius 1 is 1.26 bits per heavy atom. The SMILES string of the molecule is CCn1cnnc1CCNC(=O)[C@@H]1CCC(=O)N(CCc2ccccc2)C1. The van der Waals surface area contributed by atoms with Gasteiger partial charge in [0.2, 0.25) is 11.8 Å². The lowest BCUT2D eigenvalue weighted by molar-refractivity contribution is -0.138. The van der Waals surface area contributed by atoms with Crippen molar-refractivity contribution in [1.29, 1.82) is 0 Å². The predicted molar refractivity (Wildman–Crippen MR) is 102 cm³/mol. The summed E-state index contributed by atoms with van der Waals surface area (Å²) < 4.78 is 1.97. The molecule has 1 aliphatic rings. The van der Waals surface area contributed by atoms with Gasteiger partial charge in [-0.1, -0.05) is 30.3 Å². The van der Waals surface area contributed by atoms with Gasteiger partial charge in [0.15, 0.2) is 0 Å². The highest BCUT2D eigenvalue weighted by Gasteiger charge is 2.29. The molecule has 1 saturated heterocycles. The van der Waals surface area contributed by atoms with Crippen molar-refractivity contribution >= 4 is 11.8 Å². The van der Waals surface area contributed by atoms with Crippen molar-refractivity contribution in [3.63, 3.8) is 0 Å². The second-order valence-corrected chi connectivity index (χ2v) is 6.89. The highest BCUT2D eigenvalue weighted by molar-refractivity contribution is 5.83. The van der Waals surface area contributed by atoms with E-state index in [4.69, 9.17) is 0 Å². The Morgan fingerprint density at radius 3 is 2.85 bits per heavy atom. The van der Waals surface area contributed by atoms with E-state index in [1.807, 2.05) is 34.6 Å². The second-order valence-electron chi connectivity index (χ2n) is 6.89. The molecule has 2 amide bonds. The Bertz CT molecular complexity index is 759. The van der Waals surface area contributed by atoms with E-state index >= 15 is 0 Å². The molecule has 27 heavy (non-hydrogen) atoms. The van der Waals surface area contributed by atoms with Crippen LogP contribution in [-0.2, 0) is 29.0 Å². The van der Waals surface area contributed by atoms with Crippen LogP contribution >= 0.6 is 0 Å². The van der Waals surface area contributed by atoms with Gasteiger partial charge in [-0.3, -0.25) is 9.59 Å². The summed E-state index contributed by atoms with van der Waals surface area (Å²) in [6.07, 6.45) is 4.24. The second kappa shape index (κ2) is 9.30.